The van der Waals surface area contributed by atoms with Crippen molar-refractivity contribution in [2.75, 3.05) is 34.8 Å². The number of carbonyl (C=O) groups excluding carboxylic acids is 2. The number of benzene rings is 2. The van der Waals surface area contributed by atoms with E-state index in [2.05, 4.69) is 5.32 Å². The van der Waals surface area contributed by atoms with E-state index in [1.165, 1.54) is 11.0 Å². The first-order valence-electron chi connectivity index (χ1n) is 9.98. The summed E-state index contributed by atoms with van der Waals surface area (Å²) in [5, 5.41) is 2.57. The van der Waals surface area contributed by atoms with E-state index in [0.717, 1.165) is 12.1 Å². The molecule has 0 fully saturated rings. The minimum Gasteiger partial charge on any atom is -0.479 e. The van der Waals surface area contributed by atoms with Crippen LogP contribution in [0.15, 0.2) is 42.5 Å². The van der Waals surface area contributed by atoms with Crippen molar-refractivity contribution < 1.29 is 27.5 Å². The fraction of sp³-hybridized carbons (Fsp3) is 0.364. The lowest BCUT2D eigenvalue weighted by Gasteiger charge is -2.32. The SMILES string of the molecule is CCN(CC)c1ccc(C(F)(F)F)cc1NC(=O)CN1C(=O)C(C)Oc2ccccc21. The number of anilines is 3. The number of ether oxygens (including phenoxy) is 1. The molecule has 2 aromatic rings. The Kier molecular flexibility index (Phi) is 6.42. The number of carbonyl (C=O) groups is 2. The molecule has 2 aromatic carbocycles. The summed E-state index contributed by atoms with van der Waals surface area (Å²) >= 11 is 0. The smallest absolute Gasteiger partial charge is 0.416 e. The summed E-state index contributed by atoms with van der Waals surface area (Å²) < 4.78 is 45.3. The molecule has 0 saturated carbocycles. The third kappa shape index (κ3) is 4.76. The number of rotatable bonds is 6. The Morgan fingerprint density at radius 3 is 2.48 bits per heavy atom. The topological polar surface area (TPSA) is 61.9 Å². The van der Waals surface area contributed by atoms with Crippen LogP contribution in [0.3, 0.4) is 0 Å². The highest BCUT2D eigenvalue weighted by Crippen LogP contribution is 2.36. The van der Waals surface area contributed by atoms with Crippen LogP contribution in [-0.2, 0) is 15.8 Å². The van der Waals surface area contributed by atoms with E-state index in [-0.39, 0.29) is 12.2 Å². The Balaban J connectivity index is 1.90. The lowest BCUT2D eigenvalue weighted by atomic mass is 10.1. The number of alkyl halides is 3. The second kappa shape index (κ2) is 8.87. The molecule has 9 heteroatoms. The summed E-state index contributed by atoms with van der Waals surface area (Å²) in [5.41, 5.74) is 0.105. The molecule has 2 amide bonds. The summed E-state index contributed by atoms with van der Waals surface area (Å²) in [7, 11) is 0. The van der Waals surface area contributed by atoms with Crippen molar-refractivity contribution in [3.05, 3.63) is 48.0 Å². The van der Waals surface area contributed by atoms with Gasteiger partial charge >= 0.3 is 6.18 Å². The zero-order chi connectivity index (χ0) is 22.8. The van der Waals surface area contributed by atoms with Crippen LogP contribution in [0, 0.1) is 0 Å². The molecule has 1 aliphatic heterocycles. The van der Waals surface area contributed by atoms with E-state index < -0.39 is 29.7 Å². The van der Waals surface area contributed by atoms with E-state index in [1.54, 1.807) is 31.2 Å². The molecule has 1 atom stereocenters. The average Bonchev–Trinajstić information content (AvgIpc) is 2.72. The molecule has 3 rings (SSSR count). The van der Waals surface area contributed by atoms with Crippen LogP contribution in [0.1, 0.15) is 26.3 Å². The van der Waals surface area contributed by atoms with Gasteiger partial charge in [-0.05, 0) is 51.1 Å². The number of para-hydroxylation sites is 2. The lowest BCUT2D eigenvalue weighted by molar-refractivity contribution is -0.137. The maximum absolute atomic E-state index is 13.2. The number of nitrogens with one attached hydrogen (secondary N) is 1. The molecule has 1 unspecified atom stereocenters. The largest absolute Gasteiger partial charge is 0.479 e. The second-order valence-corrected chi connectivity index (χ2v) is 7.10. The quantitative estimate of drug-likeness (QED) is 0.735. The fourth-order valence-corrected chi connectivity index (χ4v) is 3.51. The molecule has 0 aliphatic carbocycles. The van der Waals surface area contributed by atoms with E-state index in [0.29, 0.717) is 30.2 Å². The minimum absolute atomic E-state index is 0.0468. The number of fused-ring (bicyclic) bond motifs is 1. The van der Waals surface area contributed by atoms with Gasteiger partial charge in [-0.3, -0.25) is 14.5 Å². The molecule has 31 heavy (non-hydrogen) atoms. The van der Waals surface area contributed by atoms with Gasteiger partial charge < -0.3 is 15.0 Å². The van der Waals surface area contributed by atoms with Gasteiger partial charge in [0.25, 0.3) is 5.91 Å². The number of nitrogens with zero attached hydrogens (tertiary/aromatic N) is 2. The summed E-state index contributed by atoms with van der Waals surface area (Å²) in [5.74, 6) is -0.544. The normalized spacial score (nSPS) is 15.9. The number of hydrogen-bond acceptors (Lipinski definition) is 4. The molecule has 1 aliphatic rings. The van der Waals surface area contributed by atoms with Crippen LogP contribution in [0.5, 0.6) is 5.75 Å². The summed E-state index contributed by atoms with van der Waals surface area (Å²) in [4.78, 5) is 28.5. The van der Waals surface area contributed by atoms with Crippen LogP contribution in [0.25, 0.3) is 0 Å². The van der Waals surface area contributed by atoms with E-state index >= 15 is 0 Å². The number of amides is 2. The first-order chi connectivity index (χ1) is 14.7. The Morgan fingerprint density at radius 1 is 1.16 bits per heavy atom. The predicted molar refractivity (Wildman–Crippen MR) is 113 cm³/mol. The molecule has 0 radical (unpaired) electrons. The lowest BCUT2D eigenvalue weighted by Crippen LogP contribution is -2.47. The zero-order valence-electron chi connectivity index (χ0n) is 17.5. The highest BCUT2D eigenvalue weighted by molar-refractivity contribution is 6.06. The average molecular weight is 435 g/mol. The van der Waals surface area contributed by atoms with Crippen LogP contribution in [0.4, 0.5) is 30.2 Å². The van der Waals surface area contributed by atoms with E-state index in [1.807, 2.05) is 18.7 Å². The third-order valence-corrected chi connectivity index (χ3v) is 5.08. The van der Waals surface area contributed by atoms with Gasteiger partial charge in [0, 0.05) is 13.1 Å². The van der Waals surface area contributed by atoms with Crippen LogP contribution in [-0.4, -0.2) is 37.6 Å². The summed E-state index contributed by atoms with van der Waals surface area (Å²) in [6.07, 6.45) is -5.32. The van der Waals surface area contributed by atoms with Gasteiger partial charge in [-0.2, -0.15) is 13.2 Å². The molecular formula is C22H24F3N3O3. The predicted octanol–water partition coefficient (Wildman–Crippen LogP) is 4.30. The standard InChI is InChI=1S/C22H24F3N3O3/c1-4-27(5-2)17-11-10-15(22(23,24)25)12-16(17)26-20(29)13-28-18-8-6-7-9-19(18)31-14(3)21(28)30/h6-12,14H,4-5,13H2,1-3H3,(H,26,29). The van der Waals surface area contributed by atoms with Crippen molar-refractivity contribution in [3.63, 3.8) is 0 Å². The van der Waals surface area contributed by atoms with Crippen LogP contribution in [0.2, 0.25) is 0 Å². The first kappa shape index (κ1) is 22.5. The molecule has 1 N–H and O–H groups in total. The van der Waals surface area contributed by atoms with Crippen molar-refractivity contribution in [2.24, 2.45) is 0 Å². The van der Waals surface area contributed by atoms with Gasteiger partial charge in [-0.1, -0.05) is 12.1 Å². The van der Waals surface area contributed by atoms with Crippen molar-refractivity contribution in [1.29, 1.82) is 0 Å². The molecule has 1 heterocycles. The first-order valence-corrected chi connectivity index (χ1v) is 9.98. The Bertz CT molecular complexity index is 974. The molecule has 166 valence electrons. The van der Waals surface area contributed by atoms with Crippen molar-refractivity contribution in [1.82, 2.24) is 0 Å². The van der Waals surface area contributed by atoms with Crippen LogP contribution >= 0.6 is 0 Å². The Hall–Kier alpha value is -3.23. The zero-order valence-corrected chi connectivity index (χ0v) is 17.5. The molecule has 0 spiro atoms. The molecule has 0 saturated heterocycles. The van der Waals surface area contributed by atoms with Crippen molar-refractivity contribution in [2.45, 2.75) is 33.1 Å². The van der Waals surface area contributed by atoms with Gasteiger partial charge in [-0.15, -0.1) is 0 Å². The molecule has 0 aromatic heterocycles. The highest BCUT2D eigenvalue weighted by atomic mass is 19.4. The third-order valence-electron chi connectivity index (χ3n) is 5.08. The maximum Gasteiger partial charge on any atom is 0.416 e. The van der Waals surface area contributed by atoms with Crippen LogP contribution < -0.4 is 19.9 Å². The van der Waals surface area contributed by atoms with E-state index in [4.69, 9.17) is 4.74 Å². The highest BCUT2D eigenvalue weighted by Gasteiger charge is 2.34. The number of halogens is 3. The fourth-order valence-electron chi connectivity index (χ4n) is 3.51. The van der Waals surface area contributed by atoms with Gasteiger partial charge in [0.15, 0.2) is 6.10 Å². The second-order valence-electron chi connectivity index (χ2n) is 7.10. The molecule has 0 bridgehead atoms. The maximum atomic E-state index is 13.2. The summed E-state index contributed by atoms with van der Waals surface area (Å²) in [6.45, 7) is 6.08. The van der Waals surface area contributed by atoms with Crippen molar-refractivity contribution >= 4 is 28.9 Å². The van der Waals surface area contributed by atoms with Gasteiger partial charge in [0.05, 0.1) is 22.6 Å². The van der Waals surface area contributed by atoms with Gasteiger partial charge in [0.1, 0.15) is 12.3 Å². The molecule has 6 nitrogen and oxygen atoms in total. The van der Waals surface area contributed by atoms with Gasteiger partial charge in [-0.25, -0.2) is 0 Å². The van der Waals surface area contributed by atoms with Gasteiger partial charge in [0.2, 0.25) is 5.91 Å². The Morgan fingerprint density at radius 2 is 1.84 bits per heavy atom. The minimum atomic E-state index is -4.55. The summed E-state index contributed by atoms with van der Waals surface area (Å²) in [6, 6.07) is 10.1. The Labute approximate surface area is 178 Å². The monoisotopic (exact) mass is 435 g/mol. The van der Waals surface area contributed by atoms with Crippen molar-refractivity contribution in [3.8, 4) is 5.75 Å². The molecular weight excluding hydrogens is 411 g/mol. The number of hydrogen-bond donors (Lipinski definition) is 1. The van der Waals surface area contributed by atoms with E-state index in [9.17, 15) is 22.8 Å².